The highest BCUT2D eigenvalue weighted by molar-refractivity contribution is 5.96. The minimum atomic E-state index is -0.711. The standard InChI is InChI=1S/C29H29F2N5O3/c1-15-9-20(30)11-23(18(4)36-19(5)28(37)34-17(3)29(36)38)24(15)14-39-26-8-6-7-22-25(10-16(2)33-27(22)26)35-13-21(31)12-32-35/h6-13,17-19H,14H2,1-5H3,(H,34,37)/t17-,18-,19-/m0/s1. The lowest BCUT2D eigenvalue weighted by atomic mass is 9.94. The summed E-state index contributed by atoms with van der Waals surface area (Å²) < 4.78 is 36.1. The summed E-state index contributed by atoms with van der Waals surface area (Å²) in [6.45, 7) is 8.77. The summed E-state index contributed by atoms with van der Waals surface area (Å²) in [6.07, 6.45) is 2.43. The molecule has 5 rings (SSSR count). The topological polar surface area (TPSA) is 89.4 Å². The van der Waals surface area contributed by atoms with Crippen LogP contribution in [0.15, 0.2) is 48.8 Å². The Hall–Kier alpha value is -4.34. The lowest BCUT2D eigenvalue weighted by Gasteiger charge is -2.40. The van der Waals surface area contributed by atoms with Gasteiger partial charge >= 0.3 is 0 Å². The number of halogens is 2. The van der Waals surface area contributed by atoms with E-state index < -0.39 is 29.8 Å². The molecule has 3 heterocycles. The Bertz CT molecular complexity index is 1600. The monoisotopic (exact) mass is 533 g/mol. The van der Waals surface area contributed by atoms with Gasteiger partial charge < -0.3 is 15.0 Å². The summed E-state index contributed by atoms with van der Waals surface area (Å²) in [4.78, 5) is 31.7. The van der Waals surface area contributed by atoms with E-state index in [9.17, 15) is 18.4 Å². The fourth-order valence-electron chi connectivity index (χ4n) is 5.20. The van der Waals surface area contributed by atoms with E-state index >= 15 is 0 Å². The zero-order chi connectivity index (χ0) is 28.0. The Morgan fingerprint density at radius 2 is 1.87 bits per heavy atom. The number of pyridine rings is 1. The number of nitrogens with one attached hydrogen (secondary N) is 1. The Kier molecular flexibility index (Phi) is 6.80. The molecule has 202 valence electrons. The van der Waals surface area contributed by atoms with Crippen molar-refractivity contribution in [2.45, 2.75) is 59.4 Å². The lowest BCUT2D eigenvalue weighted by Crippen LogP contribution is -2.61. The average molecular weight is 534 g/mol. The predicted octanol–water partition coefficient (Wildman–Crippen LogP) is 4.69. The minimum absolute atomic E-state index is 0.0738. The molecule has 0 unspecified atom stereocenters. The van der Waals surface area contributed by atoms with Crippen LogP contribution in [0.25, 0.3) is 16.6 Å². The van der Waals surface area contributed by atoms with Crippen molar-refractivity contribution in [2.75, 3.05) is 0 Å². The number of hydrogen-bond acceptors (Lipinski definition) is 5. The van der Waals surface area contributed by atoms with Crippen LogP contribution in [-0.2, 0) is 16.2 Å². The predicted molar refractivity (Wildman–Crippen MR) is 141 cm³/mol. The number of nitrogens with zero attached hydrogens (tertiary/aromatic N) is 4. The van der Waals surface area contributed by atoms with E-state index in [0.717, 1.165) is 11.6 Å². The van der Waals surface area contributed by atoms with Gasteiger partial charge in [0.05, 0.1) is 24.1 Å². The van der Waals surface area contributed by atoms with E-state index in [2.05, 4.69) is 15.4 Å². The van der Waals surface area contributed by atoms with Crippen LogP contribution in [0.5, 0.6) is 5.75 Å². The lowest BCUT2D eigenvalue weighted by molar-refractivity contribution is -0.150. The first kappa shape index (κ1) is 26.3. The van der Waals surface area contributed by atoms with Gasteiger partial charge in [-0.05, 0) is 75.6 Å². The van der Waals surface area contributed by atoms with E-state index in [1.54, 1.807) is 33.8 Å². The summed E-state index contributed by atoms with van der Waals surface area (Å²) in [5.74, 6) is -0.898. The van der Waals surface area contributed by atoms with Gasteiger partial charge in [-0.25, -0.2) is 18.4 Å². The molecule has 39 heavy (non-hydrogen) atoms. The van der Waals surface area contributed by atoms with E-state index in [4.69, 9.17) is 4.74 Å². The molecule has 0 radical (unpaired) electrons. The average Bonchev–Trinajstić information content (AvgIpc) is 3.32. The number of ether oxygens (including phenoxy) is 1. The maximum Gasteiger partial charge on any atom is 0.246 e. The van der Waals surface area contributed by atoms with Gasteiger partial charge in [-0.3, -0.25) is 9.59 Å². The van der Waals surface area contributed by atoms with Crippen LogP contribution >= 0.6 is 0 Å². The van der Waals surface area contributed by atoms with Gasteiger partial charge in [0.25, 0.3) is 0 Å². The first-order chi connectivity index (χ1) is 18.5. The second-order valence-electron chi connectivity index (χ2n) is 9.95. The first-order valence-corrected chi connectivity index (χ1v) is 12.7. The number of rotatable bonds is 6. The third-order valence-corrected chi connectivity index (χ3v) is 7.20. The molecule has 0 saturated carbocycles. The van der Waals surface area contributed by atoms with Crippen LogP contribution in [0.1, 0.15) is 49.2 Å². The zero-order valence-electron chi connectivity index (χ0n) is 22.3. The Balaban J connectivity index is 1.52. The fraction of sp³-hybridized carbons (Fsp3) is 0.310. The highest BCUT2D eigenvalue weighted by Gasteiger charge is 2.39. The number of carbonyl (C=O) groups is 2. The van der Waals surface area contributed by atoms with Crippen molar-refractivity contribution in [3.8, 4) is 11.4 Å². The number of piperazine rings is 1. The molecule has 8 nitrogen and oxygen atoms in total. The van der Waals surface area contributed by atoms with Crippen LogP contribution in [0.3, 0.4) is 0 Å². The largest absolute Gasteiger partial charge is 0.487 e. The molecular weight excluding hydrogens is 504 g/mol. The van der Waals surface area contributed by atoms with Crippen molar-refractivity contribution in [2.24, 2.45) is 0 Å². The van der Waals surface area contributed by atoms with Crippen LogP contribution in [0, 0.1) is 25.5 Å². The minimum Gasteiger partial charge on any atom is -0.487 e. The molecule has 2 aromatic heterocycles. The van der Waals surface area contributed by atoms with Crippen LogP contribution in [0.2, 0.25) is 0 Å². The van der Waals surface area contributed by atoms with Gasteiger partial charge in [0.2, 0.25) is 11.8 Å². The van der Waals surface area contributed by atoms with Gasteiger partial charge in [-0.15, -0.1) is 0 Å². The molecule has 0 aliphatic carbocycles. The maximum absolute atomic E-state index is 14.6. The molecule has 1 N–H and O–H groups in total. The summed E-state index contributed by atoms with van der Waals surface area (Å²) in [5.41, 5.74) is 3.85. The van der Waals surface area contributed by atoms with Crippen molar-refractivity contribution in [3.05, 3.63) is 82.8 Å². The first-order valence-electron chi connectivity index (χ1n) is 12.7. The molecule has 4 aromatic rings. The summed E-state index contributed by atoms with van der Waals surface area (Å²) in [5, 5.41) is 7.49. The third kappa shape index (κ3) is 4.82. The smallest absolute Gasteiger partial charge is 0.246 e. The van der Waals surface area contributed by atoms with Crippen molar-refractivity contribution in [1.29, 1.82) is 0 Å². The second kappa shape index (κ2) is 10.1. The van der Waals surface area contributed by atoms with E-state index in [1.807, 2.05) is 25.1 Å². The number of hydrogen-bond donors (Lipinski definition) is 1. The van der Waals surface area contributed by atoms with Crippen molar-refractivity contribution in [3.63, 3.8) is 0 Å². The van der Waals surface area contributed by atoms with Crippen molar-refractivity contribution < 1.29 is 23.1 Å². The number of fused-ring (bicyclic) bond motifs is 1. The molecule has 2 aromatic carbocycles. The summed E-state index contributed by atoms with van der Waals surface area (Å²) in [6, 6.07) is 8.12. The third-order valence-electron chi connectivity index (χ3n) is 7.20. The maximum atomic E-state index is 14.6. The second-order valence-corrected chi connectivity index (χ2v) is 9.95. The number of benzene rings is 2. The molecule has 10 heteroatoms. The van der Waals surface area contributed by atoms with Crippen LogP contribution in [-0.4, -0.2) is 43.6 Å². The molecule has 0 spiro atoms. The van der Waals surface area contributed by atoms with Gasteiger partial charge in [0.15, 0.2) is 5.82 Å². The molecule has 1 fully saturated rings. The Morgan fingerprint density at radius 3 is 2.59 bits per heavy atom. The van der Waals surface area contributed by atoms with Crippen LogP contribution in [0.4, 0.5) is 8.78 Å². The molecular formula is C29H29F2N5O3. The van der Waals surface area contributed by atoms with Gasteiger partial charge in [-0.1, -0.05) is 12.1 Å². The molecule has 1 aliphatic rings. The summed E-state index contributed by atoms with van der Waals surface area (Å²) in [7, 11) is 0. The molecule has 2 amide bonds. The number of amides is 2. The highest BCUT2D eigenvalue weighted by atomic mass is 19.1. The normalized spacial score (nSPS) is 18.4. The van der Waals surface area contributed by atoms with Crippen molar-refractivity contribution in [1.82, 2.24) is 25.0 Å². The number of carbonyl (C=O) groups excluding carboxylic acids is 2. The van der Waals surface area contributed by atoms with Crippen LogP contribution < -0.4 is 10.1 Å². The molecule has 1 saturated heterocycles. The van der Waals surface area contributed by atoms with E-state index in [0.29, 0.717) is 39.3 Å². The van der Waals surface area contributed by atoms with E-state index in [1.165, 1.54) is 27.9 Å². The number of para-hydroxylation sites is 1. The Morgan fingerprint density at radius 1 is 1.10 bits per heavy atom. The molecule has 1 aliphatic heterocycles. The molecule has 0 bridgehead atoms. The molecule has 3 atom stereocenters. The number of aryl methyl sites for hydroxylation is 2. The van der Waals surface area contributed by atoms with E-state index in [-0.39, 0.29) is 18.4 Å². The highest BCUT2D eigenvalue weighted by Crippen LogP contribution is 2.33. The van der Waals surface area contributed by atoms with Gasteiger partial charge in [-0.2, -0.15) is 5.10 Å². The van der Waals surface area contributed by atoms with Gasteiger partial charge in [0.1, 0.15) is 35.8 Å². The Labute approximate surface area is 224 Å². The quantitative estimate of drug-likeness (QED) is 0.389. The van der Waals surface area contributed by atoms with Crippen molar-refractivity contribution >= 4 is 22.7 Å². The zero-order valence-corrected chi connectivity index (χ0v) is 22.3. The fourth-order valence-corrected chi connectivity index (χ4v) is 5.20. The number of aromatic nitrogens is 3. The van der Waals surface area contributed by atoms with Gasteiger partial charge in [0, 0.05) is 11.1 Å². The summed E-state index contributed by atoms with van der Waals surface area (Å²) >= 11 is 0. The SMILES string of the molecule is Cc1cc(-n2cc(F)cn2)c2cccc(OCc3c(C)cc(F)cc3[C@H](C)N3C(=O)[C@H](C)NC(=O)[C@@H]3C)c2n1.